The molecule has 25 heavy (non-hydrogen) atoms. The Hall–Kier alpha value is -2.66. The van der Waals surface area contributed by atoms with Gasteiger partial charge in [0.1, 0.15) is 12.4 Å². The molecular formula is C20H15BrN2O2. The summed E-state index contributed by atoms with van der Waals surface area (Å²) in [4.78, 5) is 16.8. The van der Waals surface area contributed by atoms with Crippen molar-refractivity contribution in [2.45, 2.75) is 6.54 Å². The fraction of sp³-hybridized carbons (Fsp3) is 0.100. The van der Waals surface area contributed by atoms with Crippen LogP contribution in [0.2, 0.25) is 0 Å². The molecule has 1 aromatic heterocycles. The second-order valence-electron chi connectivity index (χ2n) is 5.71. The van der Waals surface area contributed by atoms with Gasteiger partial charge in [0.05, 0.1) is 28.2 Å². The highest BCUT2D eigenvalue weighted by Crippen LogP contribution is 2.32. The van der Waals surface area contributed by atoms with Gasteiger partial charge < -0.3 is 4.74 Å². The third kappa shape index (κ3) is 3.03. The minimum absolute atomic E-state index is 0.0493. The van der Waals surface area contributed by atoms with Crippen molar-refractivity contribution in [1.82, 2.24) is 9.55 Å². The number of halogens is 1. The maximum Gasteiger partial charge on any atom is 0.261 e. The summed E-state index contributed by atoms with van der Waals surface area (Å²) in [6.45, 7) is 0.826. The third-order valence-electron chi connectivity index (χ3n) is 4.15. The first kappa shape index (κ1) is 15.8. The minimum Gasteiger partial charge on any atom is -0.491 e. The summed E-state index contributed by atoms with van der Waals surface area (Å²) in [5, 5.41) is 2.87. The number of aromatic nitrogens is 2. The Morgan fingerprint density at radius 3 is 2.60 bits per heavy atom. The number of benzene rings is 3. The van der Waals surface area contributed by atoms with Gasteiger partial charge in [0.2, 0.25) is 0 Å². The number of ether oxygens (including phenoxy) is 1. The third-order valence-corrected chi connectivity index (χ3v) is 4.97. The van der Waals surface area contributed by atoms with Crippen LogP contribution < -0.4 is 10.3 Å². The Bertz CT molecular complexity index is 1120. The van der Waals surface area contributed by atoms with Gasteiger partial charge in [-0.15, -0.1) is 0 Å². The number of fused-ring (bicyclic) bond motifs is 2. The molecule has 0 aliphatic carbocycles. The average Bonchev–Trinajstić information content (AvgIpc) is 2.66. The van der Waals surface area contributed by atoms with Gasteiger partial charge in [-0.1, -0.05) is 42.5 Å². The van der Waals surface area contributed by atoms with Crippen LogP contribution in [0.25, 0.3) is 21.7 Å². The molecule has 0 spiro atoms. The first-order valence-electron chi connectivity index (χ1n) is 7.98. The Labute approximate surface area is 152 Å². The molecule has 0 aliphatic rings. The number of rotatable bonds is 4. The summed E-state index contributed by atoms with van der Waals surface area (Å²) >= 11 is 3.61. The second-order valence-corrected chi connectivity index (χ2v) is 6.50. The Balaban J connectivity index is 1.54. The maximum absolute atomic E-state index is 12.5. The summed E-state index contributed by atoms with van der Waals surface area (Å²) in [5.74, 6) is 0.764. The predicted molar refractivity (Wildman–Crippen MR) is 103 cm³/mol. The molecular weight excluding hydrogens is 380 g/mol. The zero-order valence-corrected chi connectivity index (χ0v) is 14.9. The standard InChI is InChI=1S/C20H15BrN2O2/c21-19-15-6-2-1-5-14(15)9-10-18(19)25-12-11-23-13-22-17-8-4-3-7-16(17)20(23)24/h1-10,13H,11-12H2. The number of hydrogen-bond donors (Lipinski definition) is 0. The van der Waals surface area contributed by atoms with Gasteiger partial charge in [-0.2, -0.15) is 0 Å². The van der Waals surface area contributed by atoms with E-state index in [1.807, 2.05) is 48.5 Å². The van der Waals surface area contributed by atoms with Crippen LogP contribution in [0.1, 0.15) is 0 Å². The van der Waals surface area contributed by atoms with E-state index in [0.717, 1.165) is 21.0 Å². The lowest BCUT2D eigenvalue weighted by molar-refractivity contribution is 0.295. The van der Waals surface area contributed by atoms with Crippen molar-refractivity contribution in [3.8, 4) is 5.75 Å². The van der Waals surface area contributed by atoms with Crippen LogP contribution in [0.4, 0.5) is 0 Å². The van der Waals surface area contributed by atoms with Gasteiger partial charge in [-0.05, 0) is 44.9 Å². The average molecular weight is 395 g/mol. The first-order chi connectivity index (χ1) is 12.2. The molecule has 4 nitrogen and oxygen atoms in total. The van der Waals surface area contributed by atoms with Crippen molar-refractivity contribution >= 4 is 37.6 Å². The van der Waals surface area contributed by atoms with Crippen LogP contribution >= 0.6 is 15.9 Å². The molecule has 1 heterocycles. The lowest BCUT2D eigenvalue weighted by atomic mass is 10.1. The SMILES string of the molecule is O=c1c2ccccc2ncn1CCOc1ccc2ccccc2c1Br. The molecule has 0 unspecified atom stereocenters. The largest absolute Gasteiger partial charge is 0.491 e. The first-order valence-corrected chi connectivity index (χ1v) is 8.77. The zero-order chi connectivity index (χ0) is 17.2. The van der Waals surface area contributed by atoms with Crippen molar-refractivity contribution in [2.75, 3.05) is 6.61 Å². The van der Waals surface area contributed by atoms with E-state index in [4.69, 9.17) is 4.74 Å². The van der Waals surface area contributed by atoms with Crippen LogP contribution in [0.5, 0.6) is 5.75 Å². The minimum atomic E-state index is -0.0493. The fourth-order valence-corrected chi connectivity index (χ4v) is 3.45. The van der Waals surface area contributed by atoms with Crippen molar-refractivity contribution in [3.05, 3.63) is 81.8 Å². The van der Waals surface area contributed by atoms with E-state index >= 15 is 0 Å². The highest BCUT2D eigenvalue weighted by Gasteiger charge is 2.07. The molecule has 3 aromatic carbocycles. The molecule has 0 fully saturated rings. The van der Waals surface area contributed by atoms with Crippen LogP contribution in [-0.2, 0) is 6.54 Å². The normalized spacial score (nSPS) is 11.1. The molecule has 0 radical (unpaired) electrons. The highest BCUT2D eigenvalue weighted by atomic mass is 79.9. The molecule has 0 saturated carbocycles. The maximum atomic E-state index is 12.5. The van der Waals surface area contributed by atoms with E-state index in [1.54, 1.807) is 17.0 Å². The van der Waals surface area contributed by atoms with Crippen LogP contribution in [0, 0.1) is 0 Å². The quantitative estimate of drug-likeness (QED) is 0.515. The van der Waals surface area contributed by atoms with Crippen LogP contribution in [-0.4, -0.2) is 16.2 Å². The number of nitrogens with zero attached hydrogens (tertiary/aromatic N) is 2. The van der Waals surface area contributed by atoms with Crippen molar-refractivity contribution < 1.29 is 4.74 Å². The lowest BCUT2D eigenvalue weighted by Crippen LogP contribution is -2.23. The Kier molecular flexibility index (Phi) is 4.24. The van der Waals surface area contributed by atoms with Gasteiger partial charge in [0, 0.05) is 0 Å². The Morgan fingerprint density at radius 1 is 0.960 bits per heavy atom. The molecule has 0 atom stereocenters. The monoisotopic (exact) mass is 394 g/mol. The highest BCUT2D eigenvalue weighted by molar-refractivity contribution is 9.10. The van der Waals surface area contributed by atoms with Gasteiger partial charge in [0.15, 0.2) is 0 Å². The van der Waals surface area contributed by atoms with Gasteiger partial charge in [-0.25, -0.2) is 4.98 Å². The van der Waals surface area contributed by atoms with Crippen molar-refractivity contribution in [3.63, 3.8) is 0 Å². The summed E-state index contributed by atoms with van der Waals surface area (Å²) in [6, 6.07) is 19.4. The second kappa shape index (κ2) is 6.69. The molecule has 0 amide bonds. The van der Waals surface area contributed by atoms with E-state index in [-0.39, 0.29) is 5.56 Å². The van der Waals surface area contributed by atoms with E-state index in [2.05, 4.69) is 27.0 Å². The van der Waals surface area contributed by atoms with E-state index in [1.165, 1.54) is 0 Å². The molecule has 0 N–H and O–H groups in total. The fourth-order valence-electron chi connectivity index (χ4n) is 2.84. The summed E-state index contributed by atoms with van der Waals surface area (Å²) in [7, 11) is 0. The van der Waals surface area contributed by atoms with Crippen LogP contribution in [0.15, 0.2) is 76.3 Å². The van der Waals surface area contributed by atoms with E-state index < -0.39 is 0 Å². The lowest BCUT2D eigenvalue weighted by Gasteiger charge is -2.11. The van der Waals surface area contributed by atoms with Gasteiger partial charge in [0.25, 0.3) is 5.56 Å². The van der Waals surface area contributed by atoms with E-state index in [0.29, 0.717) is 24.1 Å². The predicted octanol–water partition coefficient (Wildman–Crippen LogP) is 4.39. The molecule has 4 rings (SSSR count). The number of hydrogen-bond acceptors (Lipinski definition) is 3. The zero-order valence-electron chi connectivity index (χ0n) is 13.4. The number of para-hydroxylation sites is 1. The van der Waals surface area contributed by atoms with Crippen LogP contribution in [0.3, 0.4) is 0 Å². The molecule has 5 heteroatoms. The molecule has 0 bridgehead atoms. The molecule has 0 aliphatic heterocycles. The van der Waals surface area contributed by atoms with E-state index in [9.17, 15) is 4.79 Å². The Morgan fingerprint density at radius 2 is 1.72 bits per heavy atom. The molecule has 124 valence electrons. The summed E-state index contributed by atoms with van der Waals surface area (Å²) in [6.07, 6.45) is 1.57. The van der Waals surface area contributed by atoms with Crippen molar-refractivity contribution in [1.29, 1.82) is 0 Å². The van der Waals surface area contributed by atoms with Gasteiger partial charge >= 0.3 is 0 Å². The van der Waals surface area contributed by atoms with Crippen molar-refractivity contribution in [2.24, 2.45) is 0 Å². The topological polar surface area (TPSA) is 44.1 Å². The molecule has 0 saturated heterocycles. The smallest absolute Gasteiger partial charge is 0.261 e. The summed E-state index contributed by atoms with van der Waals surface area (Å²) < 4.78 is 8.39. The summed E-state index contributed by atoms with van der Waals surface area (Å²) in [5.41, 5.74) is 0.661. The molecule has 4 aromatic rings. The van der Waals surface area contributed by atoms with Gasteiger partial charge in [-0.3, -0.25) is 9.36 Å².